The highest BCUT2D eigenvalue weighted by Gasteiger charge is 2.12. The van der Waals surface area contributed by atoms with Crippen LogP contribution in [0.3, 0.4) is 0 Å². The maximum Gasteiger partial charge on any atom is 0.300 e. The highest BCUT2D eigenvalue weighted by Crippen LogP contribution is 2.30. The fraction of sp³-hybridized carbons (Fsp3) is 0.125. The standard InChI is InChI=1S/C16H14F2IN5O2/c1-9-3-14(24(26)19-25)7-15(10(9)2)21-16-20-8-23(22-16)13-5-11(17)4-12(18)6-13/h3-8,26H,1-2H3,(H,21,22). The van der Waals surface area contributed by atoms with Crippen molar-refractivity contribution in [1.82, 2.24) is 14.8 Å². The van der Waals surface area contributed by atoms with Crippen LogP contribution in [0.15, 0.2) is 36.7 Å². The van der Waals surface area contributed by atoms with Gasteiger partial charge in [-0.25, -0.2) is 16.5 Å². The molecular formula is C16H14F2IN5O2. The molecule has 26 heavy (non-hydrogen) atoms. The van der Waals surface area contributed by atoms with Gasteiger partial charge in [0.05, 0.1) is 11.4 Å². The number of rotatable bonds is 5. The molecule has 3 rings (SSSR count). The summed E-state index contributed by atoms with van der Waals surface area (Å²) in [6, 6.07) is 6.37. The van der Waals surface area contributed by atoms with E-state index >= 15 is 0 Å². The quantitative estimate of drug-likeness (QED) is 0.326. The summed E-state index contributed by atoms with van der Waals surface area (Å²) in [6.45, 7) is 3.72. The van der Waals surface area contributed by atoms with Crippen molar-refractivity contribution in [2.45, 2.75) is 13.8 Å². The summed E-state index contributed by atoms with van der Waals surface area (Å²) in [5.41, 5.74) is 2.94. The van der Waals surface area contributed by atoms with Crippen molar-refractivity contribution < 1.29 is 17.1 Å². The molecule has 10 heteroatoms. The molecule has 0 amide bonds. The van der Waals surface area contributed by atoms with Gasteiger partial charge in [-0.2, -0.15) is 8.26 Å². The minimum Gasteiger partial charge on any atom is -0.323 e. The summed E-state index contributed by atoms with van der Waals surface area (Å²) in [5, 5.41) is 16.8. The van der Waals surface area contributed by atoms with Gasteiger partial charge in [-0.15, -0.1) is 5.10 Å². The number of hydrogen-bond acceptors (Lipinski definition) is 5. The average Bonchev–Trinajstić information content (AvgIpc) is 3.05. The Hall–Kier alpha value is -2.47. The van der Waals surface area contributed by atoms with E-state index in [0.717, 1.165) is 29.3 Å². The van der Waals surface area contributed by atoms with Crippen molar-refractivity contribution in [2.75, 3.05) is 8.59 Å². The van der Waals surface area contributed by atoms with Gasteiger partial charge in [-0.3, -0.25) is 5.21 Å². The molecular weight excluding hydrogens is 459 g/mol. The van der Waals surface area contributed by atoms with Crippen LogP contribution in [-0.2, 0) is 3.07 Å². The van der Waals surface area contributed by atoms with Crippen molar-refractivity contribution in [1.29, 1.82) is 0 Å². The zero-order valence-electron chi connectivity index (χ0n) is 13.7. The van der Waals surface area contributed by atoms with E-state index in [2.05, 4.69) is 15.4 Å². The van der Waals surface area contributed by atoms with Crippen molar-refractivity contribution in [2.24, 2.45) is 0 Å². The lowest BCUT2D eigenvalue weighted by Crippen LogP contribution is -2.05. The van der Waals surface area contributed by atoms with Crippen molar-refractivity contribution in [3.05, 3.63) is 59.4 Å². The molecule has 0 radical (unpaired) electrons. The second kappa shape index (κ2) is 7.41. The number of aryl methyl sites for hydroxylation is 1. The van der Waals surface area contributed by atoms with Gasteiger partial charge >= 0.3 is 0 Å². The molecule has 3 aromatic rings. The number of halogens is 3. The molecule has 0 fully saturated rings. The van der Waals surface area contributed by atoms with Crippen LogP contribution >= 0.6 is 21.5 Å². The predicted molar refractivity (Wildman–Crippen MR) is 99.4 cm³/mol. The Morgan fingerprint density at radius 3 is 2.50 bits per heavy atom. The predicted octanol–water partition coefficient (Wildman–Crippen LogP) is 4.33. The Labute approximate surface area is 158 Å². The molecule has 0 saturated heterocycles. The second-order valence-corrected chi connectivity index (χ2v) is 6.84. The Morgan fingerprint density at radius 1 is 1.15 bits per heavy atom. The van der Waals surface area contributed by atoms with E-state index in [9.17, 15) is 17.1 Å². The molecule has 2 aromatic carbocycles. The molecule has 7 nitrogen and oxygen atoms in total. The molecule has 0 aliphatic carbocycles. The van der Waals surface area contributed by atoms with Gasteiger partial charge in [0, 0.05) is 11.8 Å². The Morgan fingerprint density at radius 2 is 1.85 bits per heavy atom. The van der Waals surface area contributed by atoms with Gasteiger partial charge in [0.1, 0.15) is 18.0 Å². The third-order valence-electron chi connectivity index (χ3n) is 3.78. The molecule has 0 aliphatic rings. The van der Waals surface area contributed by atoms with E-state index in [1.165, 1.54) is 11.0 Å². The van der Waals surface area contributed by atoms with E-state index in [0.29, 0.717) is 14.7 Å². The topological polar surface area (TPSA) is 83.3 Å². The molecule has 0 bridgehead atoms. The molecule has 0 spiro atoms. The van der Waals surface area contributed by atoms with Gasteiger partial charge in [-0.1, -0.05) is 0 Å². The SMILES string of the molecule is Cc1cc(N(O)I=O)cc(Nc2ncn(-c3cc(F)cc(F)c3)n2)c1C. The van der Waals surface area contributed by atoms with E-state index in [1.807, 2.05) is 13.8 Å². The summed E-state index contributed by atoms with van der Waals surface area (Å²) < 4.78 is 39.6. The zero-order valence-corrected chi connectivity index (χ0v) is 15.9. The Bertz CT molecular complexity index is 959. The zero-order chi connectivity index (χ0) is 18.8. The number of benzene rings is 2. The monoisotopic (exact) mass is 473 g/mol. The maximum absolute atomic E-state index is 13.3. The minimum atomic E-state index is -1.76. The normalized spacial score (nSPS) is 10.8. The van der Waals surface area contributed by atoms with Crippen molar-refractivity contribution >= 4 is 38.8 Å². The molecule has 136 valence electrons. The molecule has 0 atom stereocenters. The average molecular weight is 473 g/mol. The maximum atomic E-state index is 13.3. The van der Waals surface area contributed by atoms with Crippen LogP contribution in [-0.4, -0.2) is 20.0 Å². The third kappa shape index (κ3) is 3.85. The highest BCUT2D eigenvalue weighted by atomic mass is 127. The van der Waals surface area contributed by atoms with Gasteiger partial charge in [0.2, 0.25) is 5.95 Å². The van der Waals surface area contributed by atoms with Crippen LogP contribution in [0.5, 0.6) is 0 Å². The lowest BCUT2D eigenvalue weighted by molar-refractivity contribution is 0.344. The Kier molecular flexibility index (Phi) is 5.23. The van der Waals surface area contributed by atoms with Gasteiger partial charge in [-0.05, 0) is 49.2 Å². The van der Waals surface area contributed by atoms with Crippen LogP contribution in [0.2, 0.25) is 0 Å². The second-order valence-electron chi connectivity index (χ2n) is 5.53. The first kappa shape index (κ1) is 18.3. The molecule has 0 unspecified atom stereocenters. The summed E-state index contributed by atoms with van der Waals surface area (Å²) >= 11 is -1.76. The lowest BCUT2D eigenvalue weighted by atomic mass is 10.1. The first-order valence-corrected chi connectivity index (χ1v) is 9.24. The fourth-order valence-electron chi connectivity index (χ4n) is 2.35. The van der Waals surface area contributed by atoms with E-state index < -0.39 is 33.1 Å². The van der Waals surface area contributed by atoms with Crippen LogP contribution in [0.1, 0.15) is 11.1 Å². The third-order valence-corrected chi connectivity index (χ3v) is 4.71. The van der Waals surface area contributed by atoms with E-state index in [1.54, 1.807) is 12.1 Å². The number of nitrogens with one attached hydrogen (secondary N) is 1. The smallest absolute Gasteiger partial charge is 0.300 e. The minimum absolute atomic E-state index is 0.197. The van der Waals surface area contributed by atoms with E-state index in [-0.39, 0.29) is 11.6 Å². The van der Waals surface area contributed by atoms with Crippen LogP contribution in [0, 0.1) is 25.5 Å². The van der Waals surface area contributed by atoms with Gasteiger partial charge in [0.25, 0.3) is 21.5 Å². The van der Waals surface area contributed by atoms with Crippen LogP contribution in [0.4, 0.5) is 26.1 Å². The molecule has 2 N–H and O–H groups in total. The first-order valence-electron chi connectivity index (χ1n) is 7.40. The number of aromatic nitrogens is 3. The Balaban J connectivity index is 1.92. The summed E-state index contributed by atoms with van der Waals surface area (Å²) in [5.74, 6) is -1.23. The number of nitrogens with zero attached hydrogens (tertiary/aromatic N) is 4. The van der Waals surface area contributed by atoms with Gasteiger partial charge in [0.15, 0.2) is 0 Å². The fourth-order valence-corrected chi connectivity index (χ4v) is 2.86. The van der Waals surface area contributed by atoms with Crippen LogP contribution in [0.25, 0.3) is 5.69 Å². The van der Waals surface area contributed by atoms with Crippen molar-refractivity contribution in [3.63, 3.8) is 0 Å². The van der Waals surface area contributed by atoms with E-state index in [4.69, 9.17) is 0 Å². The highest BCUT2D eigenvalue weighted by molar-refractivity contribution is 14.1. The largest absolute Gasteiger partial charge is 0.323 e. The lowest BCUT2D eigenvalue weighted by Gasteiger charge is -2.14. The van der Waals surface area contributed by atoms with Crippen LogP contribution < -0.4 is 8.59 Å². The number of hydrogen-bond donors (Lipinski definition) is 2. The molecule has 1 heterocycles. The molecule has 0 saturated carbocycles. The molecule has 0 aliphatic heterocycles. The van der Waals surface area contributed by atoms with Crippen molar-refractivity contribution in [3.8, 4) is 5.69 Å². The first-order chi connectivity index (χ1) is 12.4. The summed E-state index contributed by atoms with van der Waals surface area (Å²) in [4.78, 5) is 4.08. The summed E-state index contributed by atoms with van der Waals surface area (Å²) in [7, 11) is 0. The number of anilines is 3. The van der Waals surface area contributed by atoms with Gasteiger partial charge < -0.3 is 5.32 Å². The molecule has 1 aromatic heterocycles. The summed E-state index contributed by atoms with van der Waals surface area (Å²) in [6.07, 6.45) is 1.32.